The molecule has 0 amide bonds. The molecule has 117 valence electrons. The number of hydrogen-bond acceptors (Lipinski definition) is 1. The van der Waals surface area contributed by atoms with Crippen LogP contribution in [-0.4, -0.2) is 6.61 Å². The summed E-state index contributed by atoms with van der Waals surface area (Å²) in [4.78, 5) is 0. The monoisotopic (exact) mass is 287 g/mol. The Labute approximate surface area is 131 Å². The number of hydrogen-bond donors (Lipinski definition) is 0. The highest BCUT2D eigenvalue weighted by Crippen LogP contribution is 2.14. The summed E-state index contributed by atoms with van der Waals surface area (Å²) in [5.74, 6) is 0.964. The molecule has 0 bridgehead atoms. The maximum atomic E-state index is 5.74. The lowest BCUT2D eigenvalue weighted by molar-refractivity contribution is 0.304. The SMILES string of the molecule is [CH2]CCCCCCCCCCCOc1ccc(C=C)cc1. The van der Waals surface area contributed by atoms with Crippen molar-refractivity contribution in [3.05, 3.63) is 43.3 Å². The van der Waals surface area contributed by atoms with E-state index in [1.54, 1.807) is 0 Å². The smallest absolute Gasteiger partial charge is 0.119 e. The van der Waals surface area contributed by atoms with Crippen molar-refractivity contribution in [3.8, 4) is 5.75 Å². The van der Waals surface area contributed by atoms with Gasteiger partial charge in [0, 0.05) is 0 Å². The molecule has 0 fully saturated rings. The highest BCUT2D eigenvalue weighted by Gasteiger charge is 1.95. The molecule has 0 aromatic heterocycles. The second-order valence-electron chi connectivity index (χ2n) is 5.66. The van der Waals surface area contributed by atoms with Crippen molar-refractivity contribution in [3.63, 3.8) is 0 Å². The van der Waals surface area contributed by atoms with Gasteiger partial charge in [-0.1, -0.05) is 89.5 Å². The zero-order valence-electron chi connectivity index (χ0n) is 13.5. The quantitative estimate of drug-likeness (QED) is 0.379. The fourth-order valence-electron chi connectivity index (χ4n) is 2.41. The van der Waals surface area contributed by atoms with E-state index < -0.39 is 0 Å². The number of ether oxygens (including phenoxy) is 1. The molecule has 0 unspecified atom stereocenters. The lowest BCUT2D eigenvalue weighted by Gasteiger charge is -2.06. The third-order valence-electron chi connectivity index (χ3n) is 3.78. The van der Waals surface area contributed by atoms with E-state index >= 15 is 0 Å². The molecule has 1 aromatic carbocycles. The molecule has 1 nitrogen and oxygen atoms in total. The first-order valence-electron chi connectivity index (χ1n) is 8.51. The van der Waals surface area contributed by atoms with Gasteiger partial charge in [0.25, 0.3) is 0 Å². The van der Waals surface area contributed by atoms with Crippen LogP contribution in [-0.2, 0) is 0 Å². The summed E-state index contributed by atoms with van der Waals surface area (Å²) >= 11 is 0. The van der Waals surface area contributed by atoms with E-state index in [2.05, 4.69) is 13.5 Å². The molecule has 0 saturated carbocycles. The van der Waals surface area contributed by atoms with E-state index in [-0.39, 0.29) is 0 Å². The number of rotatable bonds is 13. The molecule has 0 spiro atoms. The number of unbranched alkanes of at least 4 members (excludes halogenated alkanes) is 9. The van der Waals surface area contributed by atoms with Gasteiger partial charge in [0.15, 0.2) is 0 Å². The van der Waals surface area contributed by atoms with Gasteiger partial charge in [0.2, 0.25) is 0 Å². The first-order chi connectivity index (χ1) is 10.4. The van der Waals surface area contributed by atoms with Crippen LogP contribution < -0.4 is 4.74 Å². The van der Waals surface area contributed by atoms with E-state index in [1.807, 2.05) is 30.3 Å². The summed E-state index contributed by atoms with van der Waals surface area (Å²) in [5.41, 5.74) is 1.14. The van der Waals surface area contributed by atoms with Gasteiger partial charge in [-0.05, 0) is 24.1 Å². The van der Waals surface area contributed by atoms with Gasteiger partial charge in [-0.2, -0.15) is 0 Å². The van der Waals surface area contributed by atoms with Crippen LogP contribution in [0.15, 0.2) is 30.8 Å². The van der Waals surface area contributed by atoms with Crippen LogP contribution in [0.3, 0.4) is 0 Å². The van der Waals surface area contributed by atoms with E-state index in [1.165, 1.54) is 51.4 Å². The van der Waals surface area contributed by atoms with E-state index in [0.717, 1.165) is 30.8 Å². The summed E-state index contributed by atoms with van der Waals surface area (Å²) < 4.78 is 5.74. The first kappa shape index (κ1) is 17.8. The Morgan fingerprint density at radius 2 is 1.29 bits per heavy atom. The minimum Gasteiger partial charge on any atom is -0.494 e. The largest absolute Gasteiger partial charge is 0.494 e. The van der Waals surface area contributed by atoms with Crippen LogP contribution in [0.2, 0.25) is 0 Å². The van der Waals surface area contributed by atoms with Gasteiger partial charge in [0.1, 0.15) is 5.75 Å². The molecule has 0 aliphatic rings. The van der Waals surface area contributed by atoms with Crippen molar-refractivity contribution in [1.82, 2.24) is 0 Å². The third-order valence-corrected chi connectivity index (χ3v) is 3.78. The molecule has 0 heterocycles. The molecule has 0 aliphatic heterocycles. The number of benzene rings is 1. The Hall–Kier alpha value is -1.24. The van der Waals surface area contributed by atoms with Crippen LogP contribution >= 0.6 is 0 Å². The van der Waals surface area contributed by atoms with Gasteiger partial charge in [-0.25, -0.2) is 0 Å². The Bertz CT molecular complexity index is 353. The predicted octanol–water partition coefficient (Wildman–Crippen LogP) is 6.44. The molecular weight excluding hydrogens is 256 g/mol. The molecule has 0 atom stereocenters. The standard InChI is InChI=1S/C20H31O/c1-3-5-6-7-8-9-10-11-12-13-18-21-20-16-14-19(4-2)15-17-20/h4,14-17H,1-3,5-13,18H2. The normalized spacial score (nSPS) is 10.5. The average molecular weight is 287 g/mol. The van der Waals surface area contributed by atoms with Gasteiger partial charge in [-0.15, -0.1) is 0 Å². The second kappa shape index (κ2) is 12.5. The third kappa shape index (κ3) is 9.33. The molecular formula is C20H31O. The maximum Gasteiger partial charge on any atom is 0.119 e. The van der Waals surface area contributed by atoms with Crippen molar-refractivity contribution in [2.24, 2.45) is 0 Å². The zero-order chi connectivity index (χ0) is 15.2. The maximum absolute atomic E-state index is 5.74. The van der Waals surface area contributed by atoms with E-state index in [4.69, 9.17) is 4.74 Å². The zero-order valence-corrected chi connectivity index (χ0v) is 13.5. The minimum absolute atomic E-state index is 0.830. The van der Waals surface area contributed by atoms with Gasteiger partial charge < -0.3 is 4.74 Å². The van der Waals surface area contributed by atoms with Crippen molar-refractivity contribution < 1.29 is 4.74 Å². The molecule has 1 radical (unpaired) electrons. The van der Waals surface area contributed by atoms with Crippen LogP contribution in [0.1, 0.15) is 69.8 Å². The fourth-order valence-corrected chi connectivity index (χ4v) is 2.41. The van der Waals surface area contributed by atoms with Gasteiger partial charge in [0.05, 0.1) is 6.61 Å². The van der Waals surface area contributed by atoms with E-state index in [0.29, 0.717) is 0 Å². The van der Waals surface area contributed by atoms with Gasteiger partial charge in [-0.3, -0.25) is 0 Å². The first-order valence-corrected chi connectivity index (χ1v) is 8.51. The second-order valence-corrected chi connectivity index (χ2v) is 5.66. The summed E-state index contributed by atoms with van der Waals surface area (Å²) in [5, 5.41) is 0. The molecule has 1 rings (SSSR count). The molecule has 0 N–H and O–H groups in total. The highest BCUT2D eigenvalue weighted by molar-refractivity contribution is 5.48. The summed E-state index contributed by atoms with van der Waals surface area (Å²) in [6, 6.07) is 8.11. The van der Waals surface area contributed by atoms with Crippen molar-refractivity contribution in [2.45, 2.75) is 64.2 Å². The summed E-state index contributed by atoms with van der Waals surface area (Å²) in [7, 11) is 0. The van der Waals surface area contributed by atoms with Crippen LogP contribution in [0.5, 0.6) is 5.75 Å². The molecule has 0 saturated heterocycles. The van der Waals surface area contributed by atoms with Crippen molar-refractivity contribution in [2.75, 3.05) is 6.61 Å². The minimum atomic E-state index is 0.830. The van der Waals surface area contributed by atoms with Crippen molar-refractivity contribution in [1.29, 1.82) is 0 Å². The van der Waals surface area contributed by atoms with E-state index in [9.17, 15) is 0 Å². The van der Waals surface area contributed by atoms with Crippen LogP contribution in [0.25, 0.3) is 6.08 Å². The lowest BCUT2D eigenvalue weighted by Crippen LogP contribution is -1.97. The molecule has 1 heteroatoms. The van der Waals surface area contributed by atoms with Crippen LogP contribution in [0.4, 0.5) is 0 Å². The topological polar surface area (TPSA) is 9.23 Å². The molecule has 21 heavy (non-hydrogen) atoms. The lowest BCUT2D eigenvalue weighted by atomic mass is 10.1. The highest BCUT2D eigenvalue weighted by atomic mass is 16.5. The Morgan fingerprint density at radius 1 is 0.762 bits per heavy atom. The fraction of sp³-hybridized carbons (Fsp3) is 0.550. The molecule has 0 aliphatic carbocycles. The summed E-state index contributed by atoms with van der Waals surface area (Å²) in [6.07, 6.45) is 14.9. The predicted molar refractivity (Wildman–Crippen MR) is 93.6 cm³/mol. The Morgan fingerprint density at radius 3 is 1.81 bits per heavy atom. The molecule has 1 aromatic rings. The summed E-state index contributed by atoms with van der Waals surface area (Å²) in [6.45, 7) is 8.45. The average Bonchev–Trinajstić information content (AvgIpc) is 2.53. The van der Waals surface area contributed by atoms with Gasteiger partial charge >= 0.3 is 0 Å². The van der Waals surface area contributed by atoms with Crippen LogP contribution in [0, 0.1) is 6.92 Å². The Balaban J connectivity index is 1.89. The van der Waals surface area contributed by atoms with Crippen molar-refractivity contribution >= 4 is 6.08 Å². The Kier molecular flexibility index (Phi) is 10.6.